The van der Waals surface area contributed by atoms with Gasteiger partial charge in [0.25, 0.3) is 12.2 Å². The highest BCUT2D eigenvalue weighted by Gasteiger charge is 2.24. The number of pyridine rings is 1. The molecular weight excluding hydrogens is 406 g/mol. The van der Waals surface area contributed by atoms with Crippen molar-refractivity contribution in [2.75, 3.05) is 17.2 Å². The van der Waals surface area contributed by atoms with Gasteiger partial charge in [0.05, 0.1) is 12.1 Å². The summed E-state index contributed by atoms with van der Waals surface area (Å²) in [5.74, 6) is 0.711. The number of fused-ring (bicyclic) bond motifs is 2. The number of ether oxygens (including phenoxy) is 2. The summed E-state index contributed by atoms with van der Waals surface area (Å²) in [6.45, 7) is 0.356. The van der Waals surface area contributed by atoms with Gasteiger partial charge in [0.2, 0.25) is 10.3 Å². The van der Waals surface area contributed by atoms with Crippen LogP contribution in [0.2, 0.25) is 0 Å². The predicted octanol–water partition coefficient (Wildman–Crippen LogP) is 3.25. The monoisotopic (exact) mass is 421 g/mol. The van der Waals surface area contributed by atoms with Crippen LogP contribution < -0.4 is 20.1 Å². The maximum absolute atomic E-state index is 12.6. The molecule has 10 heteroatoms. The van der Waals surface area contributed by atoms with Gasteiger partial charge in [-0.1, -0.05) is 35.6 Å². The first kappa shape index (κ1) is 18.1. The summed E-state index contributed by atoms with van der Waals surface area (Å²) in [6, 6.07) is 14.3. The molecule has 3 heterocycles. The summed E-state index contributed by atoms with van der Waals surface area (Å²) < 4.78 is 11.3. The number of amides is 1. The normalized spacial score (nSPS) is 12.8. The van der Waals surface area contributed by atoms with Crippen molar-refractivity contribution in [2.45, 2.75) is 6.29 Å². The lowest BCUT2D eigenvalue weighted by molar-refractivity contribution is 0.0620. The van der Waals surface area contributed by atoms with Gasteiger partial charge in [0.1, 0.15) is 5.52 Å². The number of para-hydroxylation sites is 2. The topological polar surface area (TPSA) is 118 Å². The molecule has 9 nitrogen and oxygen atoms in total. The molecule has 0 spiro atoms. The van der Waals surface area contributed by atoms with E-state index in [1.807, 2.05) is 30.3 Å². The average Bonchev–Trinajstić information content (AvgIpc) is 3.38. The number of nitrogens with zero attached hydrogens (tertiary/aromatic N) is 3. The van der Waals surface area contributed by atoms with E-state index in [1.54, 1.807) is 24.4 Å². The average molecular weight is 421 g/mol. The van der Waals surface area contributed by atoms with Crippen LogP contribution in [-0.2, 0) is 0 Å². The van der Waals surface area contributed by atoms with Crippen molar-refractivity contribution in [3.05, 3.63) is 60.3 Å². The lowest BCUT2D eigenvalue weighted by Gasteiger charge is -2.10. The predicted molar refractivity (Wildman–Crippen MR) is 111 cm³/mol. The summed E-state index contributed by atoms with van der Waals surface area (Å²) in [4.78, 5) is 16.7. The third-order valence-electron chi connectivity index (χ3n) is 4.42. The molecule has 0 bridgehead atoms. The van der Waals surface area contributed by atoms with Gasteiger partial charge >= 0.3 is 0 Å². The van der Waals surface area contributed by atoms with Crippen molar-refractivity contribution in [2.24, 2.45) is 0 Å². The standard InChI is InChI=1S/C20H15N5O4S/c26-17-12(8-7-11-4-3-9-21-16(11)17)18(27)23-20-25-24-19(30-20)22-10-15-28-13-5-1-2-6-14(13)29-15/h1-9,15,26H,10H2,(H,22,24)(H,23,25,27). The van der Waals surface area contributed by atoms with E-state index in [2.05, 4.69) is 25.8 Å². The van der Waals surface area contributed by atoms with E-state index in [-0.39, 0.29) is 11.3 Å². The zero-order valence-corrected chi connectivity index (χ0v) is 16.2. The fourth-order valence-electron chi connectivity index (χ4n) is 3.03. The van der Waals surface area contributed by atoms with Gasteiger partial charge in [0, 0.05) is 11.6 Å². The van der Waals surface area contributed by atoms with Gasteiger partial charge in [-0.2, -0.15) is 0 Å². The second-order valence-electron chi connectivity index (χ2n) is 6.40. The maximum atomic E-state index is 12.6. The molecule has 1 aliphatic rings. The number of hydrogen-bond acceptors (Lipinski definition) is 9. The molecule has 1 aliphatic heterocycles. The summed E-state index contributed by atoms with van der Waals surface area (Å²) in [5, 5.41) is 25.6. The van der Waals surface area contributed by atoms with Crippen molar-refractivity contribution in [3.8, 4) is 17.2 Å². The molecule has 4 aromatic rings. The number of phenolic OH excluding ortho intramolecular Hbond substituents is 1. The van der Waals surface area contributed by atoms with E-state index >= 15 is 0 Å². The Morgan fingerprint density at radius 2 is 1.80 bits per heavy atom. The highest BCUT2D eigenvalue weighted by molar-refractivity contribution is 7.19. The molecule has 0 saturated carbocycles. The van der Waals surface area contributed by atoms with E-state index in [0.717, 1.165) is 16.7 Å². The van der Waals surface area contributed by atoms with Crippen molar-refractivity contribution < 1.29 is 19.4 Å². The molecule has 30 heavy (non-hydrogen) atoms. The van der Waals surface area contributed by atoms with Gasteiger partial charge < -0.3 is 19.9 Å². The van der Waals surface area contributed by atoms with Crippen molar-refractivity contribution in [1.82, 2.24) is 15.2 Å². The van der Waals surface area contributed by atoms with E-state index in [0.29, 0.717) is 33.8 Å². The minimum absolute atomic E-state index is 0.108. The van der Waals surface area contributed by atoms with Gasteiger partial charge in [-0.3, -0.25) is 15.1 Å². The van der Waals surface area contributed by atoms with Crippen LogP contribution in [-0.4, -0.2) is 39.0 Å². The molecule has 0 fully saturated rings. The molecule has 0 saturated heterocycles. The van der Waals surface area contributed by atoms with Crippen LogP contribution in [0.1, 0.15) is 10.4 Å². The molecule has 0 atom stereocenters. The first-order valence-corrected chi connectivity index (χ1v) is 9.87. The highest BCUT2D eigenvalue weighted by atomic mass is 32.1. The van der Waals surface area contributed by atoms with Crippen LogP contribution in [0.5, 0.6) is 17.2 Å². The number of rotatable bonds is 5. The number of hydrogen-bond donors (Lipinski definition) is 3. The first-order chi connectivity index (χ1) is 14.7. The molecule has 150 valence electrons. The third kappa shape index (κ3) is 3.44. The number of aromatic nitrogens is 3. The van der Waals surface area contributed by atoms with E-state index in [4.69, 9.17) is 9.47 Å². The molecule has 3 N–H and O–H groups in total. The largest absolute Gasteiger partial charge is 0.505 e. The van der Waals surface area contributed by atoms with Crippen molar-refractivity contribution in [3.63, 3.8) is 0 Å². The summed E-state index contributed by atoms with van der Waals surface area (Å²) >= 11 is 1.16. The fraction of sp³-hybridized carbons (Fsp3) is 0.100. The number of nitrogens with one attached hydrogen (secondary N) is 2. The highest BCUT2D eigenvalue weighted by Crippen LogP contribution is 2.34. The molecule has 2 aromatic carbocycles. The molecule has 1 amide bonds. The summed E-state index contributed by atoms with van der Waals surface area (Å²) in [6.07, 6.45) is 1.08. The van der Waals surface area contributed by atoms with Gasteiger partial charge in [-0.25, -0.2) is 0 Å². The van der Waals surface area contributed by atoms with Crippen LogP contribution in [0.3, 0.4) is 0 Å². The minimum Gasteiger partial charge on any atom is -0.505 e. The zero-order chi connectivity index (χ0) is 20.5. The second kappa shape index (κ2) is 7.48. The molecule has 2 aromatic heterocycles. The van der Waals surface area contributed by atoms with Crippen LogP contribution in [0.4, 0.5) is 10.3 Å². The number of phenols is 1. The lowest BCUT2D eigenvalue weighted by Crippen LogP contribution is -2.27. The Morgan fingerprint density at radius 1 is 1.03 bits per heavy atom. The smallest absolute Gasteiger partial charge is 0.261 e. The first-order valence-electron chi connectivity index (χ1n) is 9.05. The van der Waals surface area contributed by atoms with E-state index < -0.39 is 12.2 Å². The molecule has 0 radical (unpaired) electrons. The Bertz CT molecular complexity index is 1220. The zero-order valence-electron chi connectivity index (χ0n) is 15.4. The molecular formula is C20H15N5O4S. The van der Waals surface area contributed by atoms with Gasteiger partial charge in [0.15, 0.2) is 17.2 Å². The second-order valence-corrected chi connectivity index (χ2v) is 7.37. The third-order valence-corrected chi connectivity index (χ3v) is 5.22. The van der Waals surface area contributed by atoms with Crippen LogP contribution in [0, 0.1) is 0 Å². The molecule has 0 unspecified atom stereocenters. The quantitative estimate of drug-likeness (QED) is 0.449. The Balaban J connectivity index is 1.22. The Kier molecular flexibility index (Phi) is 4.52. The van der Waals surface area contributed by atoms with E-state index in [1.165, 1.54) is 0 Å². The maximum Gasteiger partial charge on any atom is 0.261 e. The van der Waals surface area contributed by atoms with Crippen LogP contribution in [0.25, 0.3) is 10.9 Å². The van der Waals surface area contributed by atoms with Gasteiger partial charge in [-0.05, 0) is 24.3 Å². The lowest BCUT2D eigenvalue weighted by atomic mass is 10.1. The number of anilines is 2. The van der Waals surface area contributed by atoms with Crippen molar-refractivity contribution >= 4 is 38.4 Å². The molecule has 0 aliphatic carbocycles. The van der Waals surface area contributed by atoms with Crippen LogP contribution >= 0.6 is 11.3 Å². The summed E-state index contributed by atoms with van der Waals surface area (Å²) in [7, 11) is 0. The van der Waals surface area contributed by atoms with Gasteiger partial charge in [-0.15, -0.1) is 10.2 Å². The van der Waals surface area contributed by atoms with Crippen molar-refractivity contribution in [1.29, 1.82) is 0 Å². The number of carbonyl (C=O) groups is 1. The SMILES string of the molecule is O=C(Nc1nnc(NCC2Oc3ccccc3O2)s1)c1ccc2cccnc2c1O. The number of carbonyl (C=O) groups excluding carboxylic acids is 1. The Hall–Kier alpha value is -3.92. The Labute approximate surface area is 174 Å². The van der Waals surface area contributed by atoms with E-state index in [9.17, 15) is 9.90 Å². The fourth-order valence-corrected chi connectivity index (χ4v) is 3.67. The van der Waals surface area contributed by atoms with Crippen LogP contribution in [0.15, 0.2) is 54.7 Å². The Morgan fingerprint density at radius 3 is 2.60 bits per heavy atom. The summed E-state index contributed by atoms with van der Waals surface area (Å²) in [5.41, 5.74) is 0.471. The number of aromatic hydroxyl groups is 1. The molecule has 5 rings (SSSR count). The number of benzene rings is 2. The minimum atomic E-state index is -0.499.